The molecule has 1 amide bonds. The number of nitrogens with two attached hydrogens (primary N) is 1. The molecule has 0 aliphatic rings. The first-order valence-electron chi connectivity index (χ1n) is 7.09. The molecule has 126 valence electrons. The molecule has 2 rings (SSSR count). The summed E-state index contributed by atoms with van der Waals surface area (Å²) in [5, 5.41) is 10.0. The van der Waals surface area contributed by atoms with E-state index in [1.165, 1.54) is 10.9 Å². The molecular formula is C15H17N5O3S. The maximum absolute atomic E-state index is 11.6. The fourth-order valence-corrected chi connectivity index (χ4v) is 2.24. The molecular weight excluding hydrogens is 330 g/mol. The average molecular weight is 347 g/mol. The molecule has 8 nitrogen and oxygen atoms in total. The van der Waals surface area contributed by atoms with Crippen LogP contribution in [0, 0.1) is 0 Å². The van der Waals surface area contributed by atoms with E-state index in [-0.39, 0.29) is 16.8 Å². The highest BCUT2D eigenvalue weighted by Crippen LogP contribution is 2.15. The number of amides is 1. The van der Waals surface area contributed by atoms with E-state index >= 15 is 0 Å². The second-order valence-corrected chi connectivity index (χ2v) is 5.18. The molecule has 0 saturated carbocycles. The Hall–Kier alpha value is -2.94. The van der Waals surface area contributed by atoms with Crippen molar-refractivity contribution in [3.8, 4) is 0 Å². The third kappa shape index (κ3) is 4.07. The number of nitrogens with one attached hydrogen (secondary N) is 2. The van der Waals surface area contributed by atoms with Crippen LogP contribution < -0.4 is 16.4 Å². The van der Waals surface area contributed by atoms with Crippen LogP contribution >= 0.6 is 12.2 Å². The molecule has 0 spiro atoms. The number of thiocarbonyl (C=S) groups is 1. The largest absolute Gasteiger partial charge is 0.462 e. The number of esters is 1. The number of nitrogens with zero attached hydrogens (tertiary/aromatic N) is 2. The zero-order valence-electron chi connectivity index (χ0n) is 13.2. The summed E-state index contributed by atoms with van der Waals surface area (Å²) in [7, 11) is 1.61. The summed E-state index contributed by atoms with van der Waals surface area (Å²) in [6.07, 6.45) is 1.46. The van der Waals surface area contributed by atoms with E-state index in [1.54, 1.807) is 38.2 Å². The number of hydrogen-bond donors (Lipinski definition) is 3. The van der Waals surface area contributed by atoms with E-state index in [0.717, 1.165) is 0 Å². The second-order valence-electron chi connectivity index (χ2n) is 4.77. The van der Waals surface area contributed by atoms with Crippen molar-refractivity contribution in [1.82, 2.24) is 9.78 Å². The molecule has 0 aliphatic heterocycles. The van der Waals surface area contributed by atoms with Crippen LogP contribution in [-0.4, -0.2) is 33.4 Å². The predicted octanol–water partition coefficient (Wildman–Crippen LogP) is 1.50. The number of carbonyl (C=O) groups is 2. The molecule has 24 heavy (non-hydrogen) atoms. The van der Waals surface area contributed by atoms with Gasteiger partial charge in [-0.05, 0) is 43.4 Å². The van der Waals surface area contributed by atoms with E-state index in [4.69, 9.17) is 22.7 Å². The van der Waals surface area contributed by atoms with E-state index in [9.17, 15) is 9.59 Å². The Labute approximate surface area is 144 Å². The van der Waals surface area contributed by atoms with Gasteiger partial charge in [-0.3, -0.25) is 9.48 Å². The van der Waals surface area contributed by atoms with E-state index in [1.807, 2.05) is 0 Å². The first-order chi connectivity index (χ1) is 11.4. The van der Waals surface area contributed by atoms with Crippen LogP contribution in [0.4, 0.5) is 11.4 Å². The van der Waals surface area contributed by atoms with Gasteiger partial charge >= 0.3 is 5.97 Å². The molecule has 0 aliphatic carbocycles. The zero-order valence-corrected chi connectivity index (χ0v) is 14.0. The number of aromatic nitrogens is 2. The van der Waals surface area contributed by atoms with Gasteiger partial charge in [-0.2, -0.15) is 5.10 Å². The van der Waals surface area contributed by atoms with Gasteiger partial charge in [0, 0.05) is 12.7 Å². The lowest BCUT2D eigenvalue weighted by Crippen LogP contribution is -2.23. The number of aryl methyl sites for hydroxylation is 1. The highest BCUT2D eigenvalue weighted by Gasteiger charge is 2.15. The first-order valence-corrected chi connectivity index (χ1v) is 7.50. The van der Waals surface area contributed by atoms with Crippen LogP contribution in [0.3, 0.4) is 0 Å². The quantitative estimate of drug-likeness (QED) is 0.555. The van der Waals surface area contributed by atoms with Crippen molar-refractivity contribution in [2.24, 2.45) is 12.8 Å². The predicted molar refractivity (Wildman–Crippen MR) is 94.0 cm³/mol. The summed E-state index contributed by atoms with van der Waals surface area (Å²) in [5.74, 6) is -0.995. The Morgan fingerprint density at radius 1 is 1.29 bits per heavy atom. The molecule has 1 aromatic carbocycles. The number of primary amides is 1. The van der Waals surface area contributed by atoms with Crippen LogP contribution in [0.25, 0.3) is 0 Å². The number of benzene rings is 1. The van der Waals surface area contributed by atoms with Gasteiger partial charge in [-0.15, -0.1) is 0 Å². The highest BCUT2D eigenvalue weighted by atomic mass is 32.1. The summed E-state index contributed by atoms with van der Waals surface area (Å²) < 4.78 is 6.28. The maximum atomic E-state index is 11.6. The van der Waals surface area contributed by atoms with Crippen molar-refractivity contribution >= 4 is 40.6 Å². The fraction of sp³-hybridized carbons (Fsp3) is 0.200. The summed E-state index contributed by atoms with van der Waals surface area (Å²) in [4.78, 5) is 23.0. The van der Waals surface area contributed by atoms with Gasteiger partial charge in [0.2, 0.25) is 0 Å². The van der Waals surface area contributed by atoms with Crippen LogP contribution in [-0.2, 0) is 11.8 Å². The molecule has 0 unspecified atom stereocenters. The maximum Gasteiger partial charge on any atom is 0.338 e. The van der Waals surface area contributed by atoms with Crippen molar-refractivity contribution in [2.75, 3.05) is 17.2 Å². The minimum atomic E-state index is -0.612. The fourth-order valence-electron chi connectivity index (χ4n) is 2.01. The number of ether oxygens (including phenoxy) is 1. The van der Waals surface area contributed by atoms with Gasteiger partial charge in [0.05, 0.1) is 24.1 Å². The van der Waals surface area contributed by atoms with Crippen LogP contribution in [0.15, 0.2) is 30.5 Å². The number of hydrogen-bond acceptors (Lipinski definition) is 5. The van der Waals surface area contributed by atoms with Crippen molar-refractivity contribution in [3.63, 3.8) is 0 Å². The van der Waals surface area contributed by atoms with E-state index < -0.39 is 5.91 Å². The van der Waals surface area contributed by atoms with Crippen LogP contribution in [0.2, 0.25) is 0 Å². The second kappa shape index (κ2) is 7.55. The number of carbonyl (C=O) groups excluding carboxylic acids is 2. The monoisotopic (exact) mass is 347 g/mol. The number of anilines is 2. The van der Waals surface area contributed by atoms with E-state index in [0.29, 0.717) is 23.5 Å². The van der Waals surface area contributed by atoms with E-state index in [2.05, 4.69) is 15.7 Å². The minimum absolute atomic E-state index is 0.219. The molecule has 0 atom stereocenters. The Morgan fingerprint density at radius 3 is 2.54 bits per heavy atom. The summed E-state index contributed by atoms with van der Waals surface area (Å²) in [6, 6.07) is 6.64. The average Bonchev–Trinajstić information content (AvgIpc) is 2.88. The Balaban J connectivity index is 2.03. The van der Waals surface area contributed by atoms with Gasteiger partial charge in [0.1, 0.15) is 5.69 Å². The normalized spacial score (nSPS) is 10.1. The smallest absolute Gasteiger partial charge is 0.338 e. The van der Waals surface area contributed by atoms with Gasteiger partial charge in [-0.25, -0.2) is 4.79 Å². The van der Waals surface area contributed by atoms with Gasteiger partial charge in [0.15, 0.2) is 5.11 Å². The summed E-state index contributed by atoms with van der Waals surface area (Å²) >= 11 is 5.20. The van der Waals surface area contributed by atoms with Crippen molar-refractivity contribution in [3.05, 3.63) is 41.7 Å². The molecule has 0 bridgehead atoms. The van der Waals surface area contributed by atoms with Crippen molar-refractivity contribution in [1.29, 1.82) is 0 Å². The summed E-state index contributed by atoms with van der Waals surface area (Å²) in [6.45, 7) is 2.07. The lowest BCUT2D eigenvalue weighted by atomic mass is 10.2. The lowest BCUT2D eigenvalue weighted by Gasteiger charge is -2.10. The third-order valence-electron chi connectivity index (χ3n) is 3.07. The SMILES string of the molecule is CCOC(=O)c1ccc(NC(=S)Nc2cnn(C)c2C(N)=O)cc1. The standard InChI is InChI=1S/C15H17N5O3S/c1-3-23-14(22)9-4-6-10(7-5-9)18-15(24)19-11-8-17-20(2)12(11)13(16)21/h4-8H,3H2,1-2H3,(H2,16,21)(H2,18,19,24). The van der Waals surface area contributed by atoms with Gasteiger partial charge < -0.3 is 21.1 Å². The molecule has 9 heteroatoms. The van der Waals surface area contributed by atoms with Crippen LogP contribution in [0.1, 0.15) is 27.8 Å². The van der Waals surface area contributed by atoms with Gasteiger partial charge in [-0.1, -0.05) is 0 Å². The summed E-state index contributed by atoms with van der Waals surface area (Å²) in [5.41, 5.74) is 7.06. The molecule has 4 N–H and O–H groups in total. The van der Waals surface area contributed by atoms with Crippen molar-refractivity contribution < 1.29 is 14.3 Å². The number of rotatable bonds is 5. The highest BCUT2D eigenvalue weighted by molar-refractivity contribution is 7.80. The van der Waals surface area contributed by atoms with Crippen LogP contribution in [0.5, 0.6) is 0 Å². The van der Waals surface area contributed by atoms with Crippen molar-refractivity contribution in [2.45, 2.75) is 6.92 Å². The van der Waals surface area contributed by atoms with Gasteiger partial charge in [0.25, 0.3) is 5.91 Å². The third-order valence-corrected chi connectivity index (χ3v) is 3.28. The molecule has 2 aromatic rings. The topological polar surface area (TPSA) is 111 Å². The Bertz CT molecular complexity index is 770. The zero-order chi connectivity index (χ0) is 17.7. The lowest BCUT2D eigenvalue weighted by molar-refractivity contribution is 0.0526. The molecule has 0 saturated heterocycles. The Morgan fingerprint density at radius 2 is 1.96 bits per heavy atom. The molecule has 1 heterocycles. The first kappa shape index (κ1) is 17.4. The molecule has 1 aromatic heterocycles. The molecule has 0 fully saturated rings. The Kier molecular flexibility index (Phi) is 5.48. The molecule has 0 radical (unpaired) electrons. The minimum Gasteiger partial charge on any atom is -0.462 e.